The van der Waals surface area contributed by atoms with Crippen LogP contribution in [0.15, 0.2) is 36.4 Å². The number of aryl methyl sites for hydroxylation is 2. The van der Waals surface area contributed by atoms with Gasteiger partial charge in [-0.3, -0.25) is 0 Å². The lowest BCUT2D eigenvalue weighted by molar-refractivity contribution is 0.104. The Morgan fingerprint density at radius 1 is 1.07 bits per heavy atom. The Kier molecular flexibility index (Phi) is 5.81. The number of nitrogens with one attached hydrogen (secondary N) is 1. The van der Waals surface area contributed by atoms with Gasteiger partial charge in [0.15, 0.2) is 0 Å². The van der Waals surface area contributed by atoms with Crippen LogP contribution in [-0.4, -0.2) is 54.6 Å². The summed E-state index contributed by atoms with van der Waals surface area (Å²) in [5.41, 5.74) is 2.92. The predicted octanol–water partition coefficient (Wildman–Crippen LogP) is 3.75. The van der Waals surface area contributed by atoms with E-state index in [2.05, 4.69) is 56.5 Å². The molecule has 5 heteroatoms. The van der Waals surface area contributed by atoms with Crippen molar-refractivity contribution in [1.82, 2.24) is 14.9 Å². The van der Waals surface area contributed by atoms with Crippen molar-refractivity contribution in [3.8, 4) is 0 Å². The molecule has 4 rings (SSSR count). The molecule has 0 unspecified atom stereocenters. The molecule has 0 radical (unpaired) electrons. The average Bonchev–Trinajstić information content (AvgIpc) is 3.11. The fourth-order valence-corrected chi connectivity index (χ4v) is 4.94. The molecule has 2 fully saturated rings. The Balaban J connectivity index is 1.34. The molecule has 1 atom stereocenters. The number of aromatic nitrogens is 2. The van der Waals surface area contributed by atoms with Gasteiger partial charge in [-0.2, -0.15) is 4.98 Å². The van der Waals surface area contributed by atoms with Gasteiger partial charge in [-0.05, 0) is 57.7 Å². The van der Waals surface area contributed by atoms with Crippen molar-refractivity contribution in [2.24, 2.45) is 5.41 Å². The van der Waals surface area contributed by atoms with Gasteiger partial charge in [0, 0.05) is 43.9 Å². The summed E-state index contributed by atoms with van der Waals surface area (Å²) in [5.74, 6) is 1.80. The van der Waals surface area contributed by atoms with Gasteiger partial charge in [-0.15, -0.1) is 0 Å². The molecule has 1 N–H and O–H groups in total. The fraction of sp³-hybridized carbons (Fsp3) is 0.565. The molecule has 28 heavy (non-hydrogen) atoms. The topological polar surface area (TPSA) is 44.3 Å². The summed E-state index contributed by atoms with van der Waals surface area (Å²) >= 11 is 0. The Morgan fingerprint density at radius 3 is 2.75 bits per heavy atom. The first-order valence-electron chi connectivity index (χ1n) is 10.7. The zero-order valence-corrected chi connectivity index (χ0v) is 17.3. The minimum atomic E-state index is 0.434. The van der Waals surface area contributed by atoms with Crippen LogP contribution in [0.5, 0.6) is 0 Å². The van der Waals surface area contributed by atoms with Crippen LogP contribution in [0.25, 0.3) is 0 Å². The zero-order valence-electron chi connectivity index (χ0n) is 17.3. The van der Waals surface area contributed by atoms with Gasteiger partial charge < -0.3 is 15.1 Å². The molecule has 0 amide bonds. The smallest absolute Gasteiger partial charge is 0.224 e. The molecule has 0 aliphatic carbocycles. The van der Waals surface area contributed by atoms with Crippen molar-refractivity contribution < 1.29 is 0 Å². The number of piperidine rings is 1. The van der Waals surface area contributed by atoms with Crippen molar-refractivity contribution in [3.05, 3.63) is 47.7 Å². The monoisotopic (exact) mass is 379 g/mol. The molecule has 2 aromatic rings. The van der Waals surface area contributed by atoms with E-state index in [0.717, 1.165) is 30.5 Å². The maximum atomic E-state index is 4.70. The molecule has 1 aromatic heterocycles. The lowest BCUT2D eigenvalue weighted by atomic mass is 9.79. The molecule has 2 saturated heterocycles. The zero-order chi connectivity index (χ0) is 19.4. The number of likely N-dealkylation sites (tertiary alicyclic amines) is 1. The normalized spacial score (nSPS) is 22.7. The van der Waals surface area contributed by atoms with E-state index >= 15 is 0 Å². The number of anilines is 2. The molecule has 2 aliphatic heterocycles. The second-order valence-corrected chi connectivity index (χ2v) is 8.58. The molecule has 1 spiro atoms. The van der Waals surface area contributed by atoms with Gasteiger partial charge in [0.2, 0.25) is 5.95 Å². The number of benzene rings is 1. The SMILES string of the molecule is CNc1nc(C)cc(N2CC[C@]3(CCCN(CCCc4ccccc4)C3)C2)n1. The lowest BCUT2D eigenvalue weighted by Gasteiger charge is -2.40. The summed E-state index contributed by atoms with van der Waals surface area (Å²) in [7, 11) is 1.89. The molecule has 0 saturated carbocycles. The van der Waals surface area contributed by atoms with Gasteiger partial charge >= 0.3 is 0 Å². The third-order valence-electron chi connectivity index (χ3n) is 6.35. The van der Waals surface area contributed by atoms with Gasteiger partial charge in [-0.1, -0.05) is 30.3 Å². The van der Waals surface area contributed by atoms with Gasteiger partial charge in [-0.25, -0.2) is 4.98 Å². The van der Waals surface area contributed by atoms with Crippen molar-refractivity contribution in [2.75, 3.05) is 50.0 Å². The minimum Gasteiger partial charge on any atom is -0.357 e. The summed E-state index contributed by atoms with van der Waals surface area (Å²) in [5, 5.41) is 3.09. The van der Waals surface area contributed by atoms with E-state index in [1.165, 1.54) is 57.3 Å². The van der Waals surface area contributed by atoms with E-state index in [1.54, 1.807) is 0 Å². The maximum absolute atomic E-state index is 4.70. The average molecular weight is 380 g/mol. The first-order chi connectivity index (χ1) is 13.7. The highest BCUT2D eigenvalue weighted by atomic mass is 15.3. The van der Waals surface area contributed by atoms with Crippen LogP contribution in [0, 0.1) is 12.3 Å². The van der Waals surface area contributed by atoms with Crippen LogP contribution in [0.4, 0.5) is 11.8 Å². The standard InChI is InChI=1S/C23H33N5/c1-19-16-21(26-22(24-2)25-19)28-15-12-23(18-28)11-7-14-27(17-23)13-6-10-20-8-4-3-5-9-20/h3-5,8-9,16H,6-7,10-15,17-18H2,1-2H3,(H,24,25,26)/t23-/m0/s1. The first kappa shape index (κ1) is 19.2. The molecule has 150 valence electrons. The number of nitrogens with zero attached hydrogens (tertiary/aromatic N) is 4. The Labute approximate surface area is 169 Å². The van der Waals surface area contributed by atoms with E-state index in [-0.39, 0.29) is 0 Å². The van der Waals surface area contributed by atoms with Crippen LogP contribution in [0.2, 0.25) is 0 Å². The van der Waals surface area contributed by atoms with Crippen molar-refractivity contribution in [1.29, 1.82) is 0 Å². The summed E-state index contributed by atoms with van der Waals surface area (Å²) in [4.78, 5) is 14.3. The Morgan fingerprint density at radius 2 is 1.93 bits per heavy atom. The highest BCUT2D eigenvalue weighted by molar-refractivity contribution is 5.46. The second kappa shape index (κ2) is 8.48. The predicted molar refractivity (Wildman–Crippen MR) is 116 cm³/mol. The fourth-order valence-electron chi connectivity index (χ4n) is 4.94. The minimum absolute atomic E-state index is 0.434. The number of hydrogen-bond donors (Lipinski definition) is 1. The number of rotatable bonds is 6. The molecule has 5 nitrogen and oxygen atoms in total. The van der Waals surface area contributed by atoms with Crippen molar-refractivity contribution >= 4 is 11.8 Å². The van der Waals surface area contributed by atoms with Crippen LogP contribution in [-0.2, 0) is 6.42 Å². The van der Waals surface area contributed by atoms with E-state index in [4.69, 9.17) is 4.98 Å². The molecule has 0 bridgehead atoms. The summed E-state index contributed by atoms with van der Waals surface area (Å²) < 4.78 is 0. The van der Waals surface area contributed by atoms with E-state index in [1.807, 2.05) is 14.0 Å². The van der Waals surface area contributed by atoms with E-state index in [9.17, 15) is 0 Å². The third kappa shape index (κ3) is 4.46. The summed E-state index contributed by atoms with van der Waals surface area (Å²) in [6, 6.07) is 13.0. The van der Waals surface area contributed by atoms with Gasteiger partial charge in [0.05, 0.1) is 0 Å². The molecular formula is C23H33N5. The van der Waals surface area contributed by atoms with Crippen LogP contribution in [0.1, 0.15) is 36.9 Å². The van der Waals surface area contributed by atoms with Crippen molar-refractivity contribution in [2.45, 2.75) is 39.0 Å². The summed E-state index contributed by atoms with van der Waals surface area (Å²) in [6.07, 6.45) is 6.38. The van der Waals surface area contributed by atoms with Crippen LogP contribution in [0.3, 0.4) is 0 Å². The van der Waals surface area contributed by atoms with Crippen molar-refractivity contribution in [3.63, 3.8) is 0 Å². The Hall–Kier alpha value is -2.14. The van der Waals surface area contributed by atoms with Gasteiger partial charge in [0.1, 0.15) is 5.82 Å². The van der Waals surface area contributed by atoms with E-state index < -0.39 is 0 Å². The van der Waals surface area contributed by atoms with Crippen LogP contribution < -0.4 is 10.2 Å². The number of hydrogen-bond acceptors (Lipinski definition) is 5. The summed E-state index contributed by atoms with van der Waals surface area (Å²) in [6.45, 7) is 7.99. The third-order valence-corrected chi connectivity index (χ3v) is 6.35. The molecule has 2 aliphatic rings. The van der Waals surface area contributed by atoms with E-state index in [0.29, 0.717) is 5.41 Å². The largest absolute Gasteiger partial charge is 0.357 e. The molecule has 1 aromatic carbocycles. The first-order valence-corrected chi connectivity index (χ1v) is 10.7. The second-order valence-electron chi connectivity index (χ2n) is 8.58. The maximum Gasteiger partial charge on any atom is 0.224 e. The molecule has 3 heterocycles. The van der Waals surface area contributed by atoms with Gasteiger partial charge in [0.25, 0.3) is 0 Å². The Bertz CT molecular complexity index is 778. The quantitative estimate of drug-likeness (QED) is 0.828. The highest BCUT2D eigenvalue weighted by Gasteiger charge is 2.41. The lowest BCUT2D eigenvalue weighted by Crippen LogP contribution is -2.45. The highest BCUT2D eigenvalue weighted by Crippen LogP contribution is 2.40. The van der Waals surface area contributed by atoms with Crippen LogP contribution >= 0.6 is 0 Å². The molecular weight excluding hydrogens is 346 g/mol.